The maximum atomic E-state index is 13.8. The van der Waals surface area contributed by atoms with Gasteiger partial charge in [0.1, 0.15) is 5.78 Å². The molecule has 0 aromatic heterocycles. The standard InChI is InChI=1S/C21H33NO2/c1-17(2)9-14-10-19(5,12-17)13-22(14)16(24)21-8-7-20(6,15(23)11-21)18(21,3)4/h14H,7-13H2,1-6H3/t14-,19-,20-,21-/m0/s1. The van der Waals surface area contributed by atoms with Gasteiger partial charge in [0.25, 0.3) is 0 Å². The number of Topliss-reactive ketones (excluding diaryl/α,β-unsaturated/α-hetero) is 1. The Hall–Kier alpha value is -0.860. The van der Waals surface area contributed by atoms with Crippen LogP contribution in [-0.4, -0.2) is 29.2 Å². The summed E-state index contributed by atoms with van der Waals surface area (Å²) in [6.45, 7) is 14.4. The number of hydrogen-bond donors (Lipinski definition) is 0. The molecular weight excluding hydrogens is 298 g/mol. The first-order valence-corrected chi connectivity index (χ1v) is 9.70. The van der Waals surface area contributed by atoms with E-state index in [4.69, 9.17) is 0 Å². The molecule has 0 radical (unpaired) electrons. The molecule has 4 aliphatic rings. The number of nitrogens with zero attached hydrogens (tertiary/aromatic N) is 1. The molecule has 1 saturated heterocycles. The highest BCUT2D eigenvalue weighted by Gasteiger charge is 2.73. The van der Waals surface area contributed by atoms with Gasteiger partial charge < -0.3 is 4.90 Å². The average molecular weight is 332 g/mol. The zero-order valence-corrected chi connectivity index (χ0v) is 16.3. The van der Waals surface area contributed by atoms with Crippen LogP contribution in [0.15, 0.2) is 0 Å². The normalized spacial score (nSPS) is 48.2. The molecule has 24 heavy (non-hydrogen) atoms. The minimum Gasteiger partial charge on any atom is -0.339 e. The van der Waals surface area contributed by atoms with Crippen molar-refractivity contribution in [2.75, 3.05) is 6.54 Å². The fourth-order valence-corrected chi connectivity index (χ4v) is 7.31. The molecule has 0 N–H and O–H groups in total. The van der Waals surface area contributed by atoms with Crippen molar-refractivity contribution >= 4 is 11.7 Å². The Balaban J connectivity index is 1.70. The van der Waals surface area contributed by atoms with E-state index in [9.17, 15) is 9.59 Å². The van der Waals surface area contributed by atoms with Crippen LogP contribution in [0.25, 0.3) is 0 Å². The third-order valence-electron chi connectivity index (χ3n) is 8.79. The molecule has 3 nitrogen and oxygen atoms in total. The summed E-state index contributed by atoms with van der Waals surface area (Å²) in [6.07, 6.45) is 5.70. The van der Waals surface area contributed by atoms with E-state index >= 15 is 0 Å². The summed E-state index contributed by atoms with van der Waals surface area (Å²) in [5.41, 5.74) is -0.401. The molecule has 3 heteroatoms. The van der Waals surface area contributed by atoms with Crippen molar-refractivity contribution in [2.45, 2.75) is 86.1 Å². The van der Waals surface area contributed by atoms with E-state index in [2.05, 4.69) is 46.4 Å². The number of amides is 1. The highest BCUT2D eigenvalue weighted by Crippen LogP contribution is 2.71. The van der Waals surface area contributed by atoms with Crippen molar-refractivity contribution in [3.8, 4) is 0 Å². The van der Waals surface area contributed by atoms with Gasteiger partial charge in [-0.1, -0.05) is 41.5 Å². The van der Waals surface area contributed by atoms with E-state index in [1.807, 2.05) is 0 Å². The maximum Gasteiger partial charge on any atom is 0.230 e. The van der Waals surface area contributed by atoms with E-state index in [0.717, 1.165) is 32.2 Å². The lowest BCUT2D eigenvalue weighted by Gasteiger charge is -2.43. The van der Waals surface area contributed by atoms with Crippen LogP contribution in [0.2, 0.25) is 0 Å². The van der Waals surface area contributed by atoms with E-state index in [1.54, 1.807) is 0 Å². The fraction of sp³-hybridized carbons (Fsp3) is 0.905. The van der Waals surface area contributed by atoms with Gasteiger partial charge in [-0.25, -0.2) is 0 Å². The third-order valence-corrected chi connectivity index (χ3v) is 8.79. The Kier molecular flexibility index (Phi) is 2.95. The quantitative estimate of drug-likeness (QED) is 0.722. The monoisotopic (exact) mass is 331 g/mol. The summed E-state index contributed by atoms with van der Waals surface area (Å²) in [4.78, 5) is 28.7. The van der Waals surface area contributed by atoms with Crippen molar-refractivity contribution < 1.29 is 9.59 Å². The van der Waals surface area contributed by atoms with Crippen LogP contribution < -0.4 is 0 Å². The number of ketones is 1. The van der Waals surface area contributed by atoms with Crippen LogP contribution in [0.4, 0.5) is 0 Å². The summed E-state index contributed by atoms with van der Waals surface area (Å²) >= 11 is 0. The Bertz CT molecular complexity index is 636. The molecule has 3 aliphatic carbocycles. The van der Waals surface area contributed by atoms with Crippen LogP contribution in [-0.2, 0) is 9.59 Å². The second-order valence-electron chi connectivity index (χ2n) is 11.3. The Labute approximate surface area is 146 Å². The van der Waals surface area contributed by atoms with Crippen molar-refractivity contribution in [1.82, 2.24) is 4.90 Å². The summed E-state index contributed by atoms with van der Waals surface area (Å²) in [6, 6.07) is 0.374. The number of fused-ring (bicyclic) bond motifs is 4. The molecule has 0 aromatic rings. The van der Waals surface area contributed by atoms with Crippen molar-refractivity contribution in [1.29, 1.82) is 0 Å². The smallest absolute Gasteiger partial charge is 0.230 e. The van der Waals surface area contributed by atoms with Gasteiger partial charge in [0.05, 0.1) is 5.41 Å². The topological polar surface area (TPSA) is 37.4 Å². The minimum atomic E-state index is -0.448. The van der Waals surface area contributed by atoms with Gasteiger partial charge in [-0.05, 0) is 48.3 Å². The predicted octanol–water partition coefficient (Wildman–Crippen LogP) is 4.20. The number of likely N-dealkylation sites (tertiary alicyclic amines) is 1. The molecule has 0 aromatic carbocycles. The molecule has 4 bridgehead atoms. The summed E-state index contributed by atoms with van der Waals surface area (Å²) < 4.78 is 0. The van der Waals surface area contributed by atoms with Gasteiger partial charge in [-0.3, -0.25) is 9.59 Å². The number of rotatable bonds is 1. The van der Waals surface area contributed by atoms with E-state index in [1.165, 1.54) is 6.42 Å². The maximum absolute atomic E-state index is 13.8. The minimum absolute atomic E-state index is 0.221. The highest BCUT2D eigenvalue weighted by molar-refractivity contribution is 5.99. The molecule has 134 valence electrons. The first-order chi connectivity index (χ1) is 10.9. The van der Waals surface area contributed by atoms with Crippen LogP contribution >= 0.6 is 0 Å². The SMILES string of the molecule is CC1(C)C[C@H]2C[C@](C)(CN2C(=O)[C@]23CC[C@@](C)(C(=O)C2)C3(C)C)C1. The van der Waals surface area contributed by atoms with Gasteiger partial charge in [0.2, 0.25) is 5.91 Å². The molecule has 3 saturated carbocycles. The average Bonchev–Trinajstić information content (AvgIpc) is 2.86. The molecule has 4 rings (SSSR count). The van der Waals surface area contributed by atoms with Gasteiger partial charge in [0.15, 0.2) is 0 Å². The summed E-state index contributed by atoms with van der Waals surface area (Å²) in [7, 11) is 0. The Morgan fingerprint density at radius 1 is 1.04 bits per heavy atom. The molecule has 1 amide bonds. The van der Waals surface area contributed by atoms with Crippen molar-refractivity contribution in [2.24, 2.45) is 27.1 Å². The van der Waals surface area contributed by atoms with Gasteiger partial charge in [-0.15, -0.1) is 0 Å². The Morgan fingerprint density at radius 3 is 2.25 bits per heavy atom. The number of carbonyl (C=O) groups is 2. The van der Waals surface area contributed by atoms with E-state index in [0.29, 0.717) is 29.6 Å². The van der Waals surface area contributed by atoms with Gasteiger partial charge in [-0.2, -0.15) is 0 Å². The first-order valence-electron chi connectivity index (χ1n) is 9.70. The molecule has 0 unspecified atom stereocenters. The lowest BCUT2D eigenvalue weighted by molar-refractivity contribution is -0.149. The number of hydrogen-bond acceptors (Lipinski definition) is 2. The predicted molar refractivity (Wildman–Crippen MR) is 94.4 cm³/mol. The van der Waals surface area contributed by atoms with E-state index < -0.39 is 5.41 Å². The van der Waals surface area contributed by atoms with Gasteiger partial charge >= 0.3 is 0 Å². The zero-order valence-electron chi connectivity index (χ0n) is 16.3. The summed E-state index contributed by atoms with van der Waals surface area (Å²) in [5, 5.41) is 0. The highest BCUT2D eigenvalue weighted by atomic mass is 16.2. The van der Waals surface area contributed by atoms with Crippen molar-refractivity contribution in [3.63, 3.8) is 0 Å². The molecule has 4 atom stereocenters. The van der Waals surface area contributed by atoms with Crippen LogP contribution in [0.3, 0.4) is 0 Å². The third kappa shape index (κ3) is 1.74. The van der Waals surface area contributed by atoms with E-state index in [-0.39, 0.29) is 16.2 Å². The van der Waals surface area contributed by atoms with Crippen molar-refractivity contribution in [3.05, 3.63) is 0 Å². The summed E-state index contributed by atoms with van der Waals surface area (Å²) in [5.74, 6) is 0.620. The lowest BCUT2D eigenvalue weighted by Crippen LogP contribution is -2.50. The molecule has 4 fully saturated rings. The molecule has 1 heterocycles. The van der Waals surface area contributed by atoms with Crippen LogP contribution in [0.1, 0.15) is 80.1 Å². The van der Waals surface area contributed by atoms with Crippen LogP contribution in [0.5, 0.6) is 0 Å². The molecule has 1 aliphatic heterocycles. The zero-order chi connectivity index (χ0) is 17.8. The Morgan fingerprint density at radius 2 is 1.71 bits per heavy atom. The lowest BCUT2D eigenvalue weighted by atomic mass is 9.64. The van der Waals surface area contributed by atoms with Gasteiger partial charge in [0, 0.05) is 24.4 Å². The number of carbonyl (C=O) groups excluding carboxylic acids is 2. The second kappa shape index (κ2) is 4.27. The molecular formula is C21H33NO2. The largest absolute Gasteiger partial charge is 0.339 e. The molecule has 0 spiro atoms. The second-order valence-corrected chi connectivity index (χ2v) is 11.3. The fourth-order valence-electron chi connectivity index (χ4n) is 7.31. The van der Waals surface area contributed by atoms with Crippen LogP contribution in [0, 0.1) is 27.1 Å². The first kappa shape index (κ1) is 16.6.